The standard InChI is InChI=1S/C15H23ClF3N3O/c1-10-5-3-4-6-12(10)23-8-7-20-9-11-13(15(17,18)19)21-22(2)14(11)16/h10,12,20H,3-9H2,1-2H3/t10-,12-/m0/s1. The molecule has 0 aliphatic heterocycles. The molecule has 1 N–H and O–H groups in total. The van der Waals surface area contributed by atoms with Crippen molar-refractivity contribution in [3.8, 4) is 0 Å². The summed E-state index contributed by atoms with van der Waals surface area (Å²) in [5.74, 6) is 0.549. The van der Waals surface area contributed by atoms with E-state index in [1.54, 1.807) is 0 Å². The minimum Gasteiger partial charge on any atom is -0.377 e. The largest absolute Gasteiger partial charge is 0.435 e. The van der Waals surface area contributed by atoms with Crippen molar-refractivity contribution in [3.05, 3.63) is 16.4 Å². The Morgan fingerprint density at radius 1 is 1.35 bits per heavy atom. The van der Waals surface area contributed by atoms with Crippen LogP contribution in [0.25, 0.3) is 0 Å². The van der Waals surface area contributed by atoms with E-state index in [2.05, 4.69) is 17.3 Å². The number of hydrogen-bond acceptors (Lipinski definition) is 3. The highest BCUT2D eigenvalue weighted by Gasteiger charge is 2.38. The molecule has 2 rings (SSSR count). The zero-order chi connectivity index (χ0) is 17.0. The van der Waals surface area contributed by atoms with Gasteiger partial charge < -0.3 is 10.1 Å². The van der Waals surface area contributed by atoms with Gasteiger partial charge in [0.1, 0.15) is 5.15 Å². The maximum Gasteiger partial charge on any atom is 0.435 e. The van der Waals surface area contributed by atoms with Gasteiger partial charge in [-0.05, 0) is 18.8 Å². The first-order valence-electron chi connectivity index (χ1n) is 7.91. The van der Waals surface area contributed by atoms with E-state index in [9.17, 15) is 13.2 Å². The van der Waals surface area contributed by atoms with Gasteiger partial charge in [0, 0.05) is 25.7 Å². The molecule has 1 aromatic heterocycles. The van der Waals surface area contributed by atoms with Crippen LogP contribution in [0.1, 0.15) is 43.9 Å². The fraction of sp³-hybridized carbons (Fsp3) is 0.800. The number of nitrogens with zero attached hydrogens (tertiary/aromatic N) is 2. The van der Waals surface area contributed by atoms with Crippen molar-refractivity contribution in [3.63, 3.8) is 0 Å². The van der Waals surface area contributed by atoms with E-state index in [0.717, 1.165) is 11.1 Å². The zero-order valence-electron chi connectivity index (χ0n) is 13.4. The number of aromatic nitrogens is 2. The summed E-state index contributed by atoms with van der Waals surface area (Å²) in [5.41, 5.74) is -0.952. The van der Waals surface area contributed by atoms with Gasteiger partial charge in [-0.25, -0.2) is 0 Å². The van der Waals surface area contributed by atoms with Crippen molar-refractivity contribution in [1.29, 1.82) is 0 Å². The molecule has 2 atom stereocenters. The lowest BCUT2D eigenvalue weighted by atomic mass is 9.88. The maximum atomic E-state index is 12.9. The summed E-state index contributed by atoms with van der Waals surface area (Å²) in [6, 6.07) is 0. The Hall–Kier alpha value is -0.790. The van der Waals surface area contributed by atoms with Crippen molar-refractivity contribution < 1.29 is 17.9 Å². The van der Waals surface area contributed by atoms with Crippen LogP contribution in [0.5, 0.6) is 0 Å². The van der Waals surface area contributed by atoms with Crippen LogP contribution in [0, 0.1) is 5.92 Å². The summed E-state index contributed by atoms with van der Waals surface area (Å²) in [4.78, 5) is 0. The van der Waals surface area contributed by atoms with E-state index in [1.165, 1.54) is 26.3 Å². The van der Waals surface area contributed by atoms with Crippen LogP contribution >= 0.6 is 11.6 Å². The highest BCUT2D eigenvalue weighted by molar-refractivity contribution is 6.30. The lowest BCUT2D eigenvalue weighted by Gasteiger charge is -2.28. The summed E-state index contributed by atoms with van der Waals surface area (Å²) < 4.78 is 45.6. The summed E-state index contributed by atoms with van der Waals surface area (Å²) in [5, 5.41) is 6.42. The molecule has 0 amide bonds. The summed E-state index contributed by atoms with van der Waals surface area (Å²) in [7, 11) is 1.40. The first-order valence-corrected chi connectivity index (χ1v) is 8.29. The van der Waals surface area contributed by atoms with Crippen molar-refractivity contribution >= 4 is 11.6 Å². The number of nitrogens with one attached hydrogen (secondary N) is 1. The molecule has 8 heteroatoms. The molecule has 0 saturated heterocycles. The minimum atomic E-state index is -4.50. The fourth-order valence-corrected chi connectivity index (χ4v) is 3.15. The predicted octanol–water partition coefficient (Wildman–Crippen LogP) is 3.78. The van der Waals surface area contributed by atoms with Gasteiger partial charge in [-0.1, -0.05) is 31.4 Å². The predicted molar refractivity (Wildman–Crippen MR) is 82.3 cm³/mol. The maximum absolute atomic E-state index is 12.9. The van der Waals surface area contributed by atoms with Crippen LogP contribution in [0.4, 0.5) is 13.2 Å². The van der Waals surface area contributed by atoms with E-state index >= 15 is 0 Å². The van der Waals surface area contributed by atoms with E-state index in [4.69, 9.17) is 16.3 Å². The third-order valence-corrected chi connectivity index (χ3v) is 4.76. The average molecular weight is 354 g/mol. The van der Waals surface area contributed by atoms with Gasteiger partial charge in [-0.3, -0.25) is 4.68 Å². The van der Waals surface area contributed by atoms with Gasteiger partial charge in [-0.15, -0.1) is 0 Å². The van der Waals surface area contributed by atoms with Crippen LogP contribution in [0.15, 0.2) is 0 Å². The molecule has 1 aliphatic carbocycles. The quantitative estimate of drug-likeness (QED) is 0.791. The molecule has 132 valence electrons. The Bertz CT molecular complexity index is 519. The Balaban J connectivity index is 1.80. The number of ether oxygens (including phenoxy) is 1. The van der Waals surface area contributed by atoms with Crippen molar-refractivity contribution in [2.24, 2.45) is 13.0 Å². The second-order valence-corrected chi connectivity index (χ2v) is 6.45. The van der Waals surface area contributed by atoms with E-state index < -0.39 is 11.9 Å². The minimum absolute atomic E-state index is 0.00615. The monoisotopic (exact) mass is 353 g/mol. The summed E-state index contributed by atoms with van der Waals surface area (Å²) >= 11 is 5.90. The van der Waals surface area contributed by atoms with Crippen molar-refractivity contribution in [2.75, 3.05) is 13.2 Å². The molecule has 4 nitrogen and oxygen atoms in total. The summed E-state index contributed by atoms with van der Waals surface area (Å²) in [6.45, 7) is 3.16. The Kier molecular flexibility index (Phi) is 6.33. The molecule has 23 heavy (non-hydrogen) atoms. The number of aryl methyl sites for hydroxylation is 1. The lowest BCUT2D eigenvalue weighted by Crippen LogP contribution is -2.29. The van der Waals surface area contributed by atoms with E-state index in [0.29, 0.717) is 19.1 Å². The van der Waals surface area contributed by atoms with Gasteiger partial charge in [0.05, 0.1) is 12.7 Å². The highest BCUT2D eigenvalue weighted by Crippen LogP contribution is 2.34. The van der Waals surface area contributed by atoms with E-state index in [-0.39, 0.29) is 23.4 Å². The Morgan fingerprint density at radius 2 is 2.04 bits per heavy atom. The third kappa shape index (κ3) is 4.84. The van der Waals surface area contributed by atoms with Crippen LogP contribution in [-0.2, 0) is 24.5 Å². The lowest BCUT2D eigenvalue weighted by molar-refractivity contribution is -0.142. The van der Waals surface area contributed by atoms with Gasteiger partial charge >= 0.3 is 6.18 Å². The molecular weight excluding hydrogens is 331 g/mol. The molecule has 0 spiro atoms. The second kappa shape index (κ2) is 7.85. The van der Waals surface area contributed by atoms with Gasteiger partial charge in [0.15, 0.2) is 5.69 Å². The van der Waals surface area contributed by atoms with Gasteiger partial charge in [0.2, 0.25) is 0 Å². The first-order chi connectivity index (χ1) is 10.8. The number of hydrogen-bond donors (Lipinski definition) is 1. The van der Waals surface area contributed by atoms with Crippen LogP contribution in [0.3, 0.4) is 0 Å². The molecule has 1 aliphatic rings. The van der Waals surface area contributed by atoms with Crippen LogP contribution in [0.2, 0.25) is 5.15 Å². The molecule has 0 bridgehead atoms. The first kappa shape index (κ1) is 18.5. The van der Waals surface area contributed by atoms with Crippen molar-refractivity contribution in [2.45, 2.75) is 51.4 Å². The van der Waals surface area contributed by atoms with Gasteiger partial charge in [-0.2, -0.15) is 18.3 Å². The molecule has 1 fully saturated rings. The highest BCUT2D eigenvalue weighted by atomic mass is 35.5. The Labute approximate surface area is 139 Å². The number of halogens is 4. The normalized spacial score (nSPS) is 22.5. The molecule has 0 unspecified atom stereocenters. The smallest absolute Gasteiger partial charge is 0.377 e. The van der Waals surface area contributed by atoms with Gasteiger partial charge in [0.25, 0.3) is 0 Å². The fourth-order valence-electron chi connectivity index (χ4n) is 2.96. The second-order valence-electron chi connectivity index (χ2n) is 6.09. The topological polar surface area (TPSA) is 39.1 Å². The summed E-state index contributed by atoms with van der Waals surface area (Å²) in [6.07, 6.45) is 0.433. The molecule has 1 aromatic rings. The number of rotatable bonds is 6. The Morgan fingerprint density at radius 3 is 2.70 bits per heavy atom. The molecule has 1 heterocycles. The van der Waals surface area contributed by atoms with Crippen LogP contribution < -0.4 is 5.32 Å². The number of alkyl halides is 3. The molecule has 1 saturated carbocycles. The molecular formula is C15H23ClF3N3O. The van der Waals surface area contributed by atoms with Crippen LogP contribution in [-0.4, -0.2) is 29.0 Å². The van der Waals surface area contributed by atoms with Crippen molar-refractivity contribution in [1.82, 2.24) is 15.1 Å². The SMILES string of the molecule is C[C@H]1CCCC[C@@H]1OCCNCc1c(C(F)(F)F)nn(C)c1Cl. The molecule has 0 radical (unpaired) electrons. The van der Waals surface area contributed by atoms with E-state index in [1.807, 2.05) is 0 Å². The average Bonchev–Trinajstić information content (AvgIpc) is 2.77. The molecule has 0 aromatic carbocycles. The zero-order valence-corrected chi connectivity index (χ0v) is 14.2. The third-order valence-electron chi connectivity index (χ3n) is 4.28.